The molecule has 0 aliphatic carbocycles. The third-order valence-corrected chi connectivity index (χ3v) is 3.81. The average Bonchev–Trinajstić information content (AvgIpc) is 2.60. The number of hydrogen-bond donors (Lipinski definition) is 1. The van der Waals surface area contributed by atoms with Gasteiger partial charge in [-0.2, -0.15) is 0 Å². The molecule has 16 heavy (non-hydrogen) atoms. The molecule has 0 aliphatic heterocycles. The van der Waals surface area contributed by atoms with Crippen molar-refractivity contribution in [1.29, 1.82) is 0 Å². The SMILES string of the molecule is Cc1ccc2[nH]cc(Cl)c2c1C(C)C(C)C. The normalized spacial score (nSPS) is 13.6. The highest BCUT2D eigenvalue weighted by molar-refractivity contribution is 6.35. The number of H-pyrrole nitrogens is 1. The van der Waals surface area contributed by atoms with Crippen molar-refractivity contribution in [2.75, 3.05) is 0 Å². The predicted molar refractivity (Wildman–Crippen MR) is 71.3 cm³/mol. The van der Waals surface area contributed by atoms with E-state index in [4.69, 9.17) is 11.6 Å². The molecule has 2 heteroatoms. The molecule has 0 amide bonds. The van der Waals surface area contributed by atoms with Crippen LogP contribution in [0.2, 0.25) is 5.02 Å². The second-order valence-corrected chi connectivity index (χ2v) is 5.30. The minimum atomic E-state index is 0.525. The summed E-state index contributed by atoms with van der Waals surface area (Å²) in [5, 5.41) is 2.03. The Morgan fingerprint density at radius 3 is 2.50 bits per heavy atom. The smallest absolute Gasteiger partial charge is 0.0662 e. The van der Waals surface area contributed by atoms with Crippen molar-refractivity contribution >= 4 is 22.5 Å². The van der Waals surface area contributed by atoms with Gasteiger partial charge in [-0.05, 0) is 36.0 Å². The molecule has 0 aliphatic rings. The van der Waals surface area contributed by atoms with Gasteiger partial charge in [0.2, 0.25) is 0 Å². The summed E-state index contributed by atoms with van der Waals surface area (Å²) < 4.78 is 0. The Balaban J connectivity index is 2.74. The van der Waals surface area contributed by atoms with Crippen LogP contribution < -0.4 is 0 Å². The van der Waals surface area contributed by atoms with Gasteiger partial charge in [0.1, 0.15) is 0 Å². The van der Waals surface area contributed by atoms with E-state index < -0.39 is 0 Å². The first-order valence-electron chi connectivity index (χ1n) is 5.78. The first-order valence-corrected chi connectivity index (χ1v) is 6.16. The van der Waals surface area contributed by atoms with E-state index in [1.54, 1.807) is 0 Å². The lowest BCUT2D eigenvalue weighted by Gasteiger charge is -2.20. The minimum Gasteiger partial charge on any atom is -0.360 e. The highest BCUT2D eigenvalue weighted by Crippen LogP contribution is 2.36. The summed E-state index contributed by atoms with van der Waals surface area (Å²) in [7, 11) is 0. The summed E-state index contributed by atoms with van der Waals surface area (Å²) in [5.41, 5.74) is 3.85. The van der Waals surface area contributed by atoms with Gasteiger partial charge < -0.3 is 4.98 Å². The monoisotopic (exact) mass is 235 g/mol. The van der Waals surface area contributed by atoms with Gasteiger partial charge in [-0.25, -0.2) is 0 Å². The van der Waals surface area contributed by atoms with E-state index in [2.05, 4.69) is 44.8 Å². The molecule has 1 unspecified atom stereocenters. The first-order chi connectivity index (χ1) is 7.52. The van der Waals surface area contributed by atoms with Crippen LogP contribution in [0.5, 0.6) is 0 Å². The van der Waals surface area contributed by atoms with Gasteiger partial charge in [-0.1, -0.05) is 38.4 Å². The number of fused-ring (bicyclic) bond motifs is 1. The molecule has 86 valence electrons. The number of halogens is 1. The lowest BCUT2D eigenvalue weighted by Crippen LogP contribution is -2.04. The highest BCUT2D eigenvalue weighted by Gasteiger charge is 2.17. The maximum Gasteiger partial charge on any atom is 0.0662 e. The third kappa shape index (κ3) is 1.73. The summed E-state index contributed by atoms with van der Waals surface area (Å²) >= 11 is 6.27. The van der Waals surface area contributed by atoms with Crippen molar-refractivity contribution in [3.63, 3.8) is 0 Å². The van der Waals surface area contributed by atoms with Crippen LogP contribution >= 0.6 is 11.6 Å². The van der Waals surface area contributed by atoms with Crippen molar-refractivity contribution in [3.05, 3.63) is 34.5 Å². The van der Waals surface area contributed by atoms with E-state index in [0.717, 1.165) is 10.5 Å². The fraction of sp³-hybridized carbons (Fsp3) is 0.429. The summed E-state index contributed by atoms with van der Waals surface area (Å²) in [6.07, 6.45) is 1.88. The summed E-state index contributed by atoms with van der Waals surface area (Å²) in [6, 6.07) is 4.27. The molecule has 0 fully saturated rings. The average molecular weight is 236 g/mol. The van der Waals surface area contributed by atoms with Gasteiger partial charge in [0.05, 0.1) is 5.02 Å². The topological polar surface area (TPSA) is 15.8 Å². The van der Waals surface area contributed by atoms with Crippen molar-refractivity contribution in [1.82, 2.24) is 4.98 Å². The molecule has 2 rings (SSSR count). The van der Waals surface area contributed by atoms with Crippen LogP contribution in [-0.4, -0.2) is 4.98 Å². The van der Waals surface area contributed by atoms with Crippen LogP contribution in [0.25, 0.3) is 10.9 Å². The number of hydrogen-bond acceptors (Lipinski definition) is 0. The standard InChI is InChI=1S/C14H18ClN/c1-8(2)10(4)13-9(3)5-6-12-14(13)11(15)7-16-12/h5-8,10,16H,1-4H3. The molecule has 0 bridgehead atoms. The molecule has 0 saturated heterocycles. The molecule has 2 aromatic rings. The lowest BCUT2D eigenvalue weighted by atomic mass is 9.85. The maximum atomic E-state index is 6.27. The molecule has 1 aromatic carbocycles. The zero-order chi connectivity index (χ0) is 11.9. The van der Waals surface area contributed by atoms with Gasteiger partial charge in [-0.15, -0.1) is 0 Å². The molecule has 1 nitrogen and oxygen atoms in total. The van der Waals surface area contributed by atoms with E-state index in [0.29, 0.717) is 11.8 Å². The number of nitrogens with one attached hydrogen (secondary N) is 1. The van der Waals surface area contributed by atoms with Crippen molar-refractivity contribution in [2.45, 2.75) is 33.6 Å². The molecule has 1 heterocycles. The Morgan fingerprint density at radius 1 is 1.19 bits per heavy atom. The molecular formula is C14H18ClN. The number of rotatable bonds is 2. The van der Waals surface area contributed by atoms with Gasteiger partial charge in [0, 0.05) is 17.1 Å². The highest BCUT2D eigenvalue weighted by atomic mass is 35.5. The molecule has 0 saturated carbocycles. The van der Waals surface area contributed by atoms with Crippen molar-refractivity contribution in [2.24, 2.45) is 5.92 Å². The Labute approximate surface area is 102 Å². The zero-order valence-electron chi connectivity index (χ0n) is 10.3. The van der Waals surface area contributed by atoms with Gasteiger partial charge in [0.15, 0.2) is 0 Å². The fourth-order valence-corrected chi connectivity index (χ4v) is 2.49. The largest absolute Gasteiger partial charge is 0.360 e. The Kier molecular flexibility index (Phi) is 2.98. The maximum absolute atomic E-state index is 6.27. The quantitative estimate of drug-likeness (QED) is 0.763. The van der Waals surface area contributed by atoms with E-state index in [1.165, 1.54) is 16.5 Å². The van der Waals surface area contributed by atoms with E-state index >= 15 is 0 Å². The van der Waals surface area contributed by atoms with E-state index in [-0.39, 0.29) is 0 Å². The van der Waals surface area contributed by atoms with E-state index in [1.807, 2.05) is 6.20 Å². The van der Waals surface area contributed by atoms with Crippen LogP contribution in [0.4, 0.5) is 0 Å². The fourth-order valence-electron chi connectivity index (χ4n) is 2.23. The molecule has 0 spiro atoms. The summed E-state index contributed by atoms with van der Waals surface area (Å²) in [4.78, 5) is 3.22. The first kappa shape index (κ1) is 11.5. The van der Waals surface area contributed by atoms with E-state index in [9.17, 15) is 0 Å². The number of benzene rings is 1. The van der Waals surface area contributed by atoms with Crippen LogP contribution in [-0.2, 0) is 0 Å². The Hall–Kier alpha value is -0.950. The number of aromatic amines is 1. The molecule has 1 N–H and O–H groups in total. The van der Waals surface area contributed by atoms with Crippen LogP contribution in [0.1, 0.15) is 37.8 Å². The van der Waals surface area contributed by atoms with Crippen molar-refractivity contribution < 1.29 is 0 Å². The third-order valence-electron chi connectivity index (χ3n) is 3.51. The lowest BCUT2D eigenvalue weighted by molar-refractivity contribution is 0.536. The van der Waals surface area contributed by atoms with Crippen molar-refractivity contribution in [3.8, 4) is 0 Å². The van der Waals surface area contributed by atoms with Gasteiger partial charge >= 0.3 is 0 Å². The number of aryl methyl sites for hydroxylation is 1. The van der Waals surface area contributed by atoms with Crippen LogP contribution in [0.15, 0.2) is 18.3 Å². The van der Waals surface area contributed by atoms with Gasteiger partial charge in [0.25, 0.3) is 0 Å². The Bertz CT molecular complexity index is 511. The second kappa shape index (κ2) is 4.14. The van der Waals surface area contributed by atoms with Crippen LogP contribution in [0, 0.1) is 12.8 Å². The number of aromatic nitrogens is 1. The molecule has 1 atom stereocenters. The van der Waals surface area contributed by atoms with Crippen LogP contribution in [0.3, 0.4) is 0 Å². The summed E-state index contributed by atoms with van der Waals surface area (Å²) in [5.74, 6) is 1.15. The zero-order valence-corrected chi connectivity index (χ0v) is 11.0. The molecular weight excluding hydrogens is 218 g/mol. The second-order valence-electron chi connectivity index (χ2n) is 4.89. The molecule has 0 radical (unpaired) electrons. The predicted octanol–water partition coefficient (Wildman–Crippen LogP) is 4.89. The Morgan fingerprint density at radius 2 is 1.88 bits per heavy atom. The molecule has 1 aromatic heterocycles. The summed E-state index contributed by atoms with van der Waals surface area (Å²) in [6.45, 7) is 8.94. The minimum absolute atomic E-state index is 0.525. The van der Waals surface area contributed by atoms with Gasteiger partial charge in [-0.3, -0.25) is 0 Å².